The second-order valence-electron chi connectivity index (χ2n) is 9.77. The highest BCUT2D eigenvalue weighted by Crippen LogP contribution is 2.60. The first-order chi connectivity index (χ1) is 18.7. The Labute approximate surface area is 226 Å². The first kappa shape index (κ1) is 38.3. The predicted molar refractivity (Wildman–Crippen MR) is 102 cm³/mol. The predicted octanol–water partition coefficient (Wildman–Crippen LogP) is 7.39. The first-order valence-corrected chi connectivity index (χ1v) is 11.1. The number of hydrogen-bond acceptors (Lipinski definition) is 2. The molecule has 0 radical (unpaired) electrons. The van der Waals surface area contributed by atoms with Crippen molar-refractivity contribution in [1.29, 1.82) is 0 Å². The molecule has 4 unspecified atom stereocenters. The molecule has 1 rings (SSSR count). The summed E-state index contributed by atoms with van der Waals surface area (Å²) in [6.45, 7) is 0.753. The van der Waals surface area contributed by atoms with Crippen LogP contribution in [0.3, 0.4) is 0 Å². The Morgan fingerprint density at radius 3 is 1.42 bits per heavy atom. The minimum atomic E-state index is -7.66. The van der Waals surface area contributed by atoms with Gasteiger partial charge < -0.3 is 20.8 Å². The fourth-order valence-corrected chi connectivity index (χ4v) is 4.66. The Kier molecular flexibility index (Phi) is 9.81. The summed E-state index contributed by atoms with van der Waals surface area (Å²) in [5.74, 6) is -49.3. The van der Waals surface area contributed by atoms with Gasteiger partial charge in [0.2, 0.25) is 0 Å². The molecule has 0 aliphatic heterocycles. The third-order valence-electron chi connectivity index (χ3n) is 6.88. The van der Waals surface area contributed by atoms with Crippen LogP contribution in [0.2, 0.25) is 0 Å². The molecular formula is C19H18F18N2O4. The lowest BCUT2D eigenvalue weighted by Crippen LogP contribution is -2.70. The van der Waals surface area contributed by atoms with Crippen LogP contribution in [0.1, 0.15) is 32.6 Å². The summed E-state index contributed by atoms with van der Waals surface area (Å²) in [6.07, 6.45) is -29.6. The van der Waals surface area contributed by atoms with E-state index in [1.54, 1.807) is 0 Å². The van der Waals surface area contributed by atoms with Crippen LogP contribution in [-0.2, 0) is 0 Å². The van der Waals surface area contributed by atoms with Crippen LogP contribution in [0.4, 0.5) is 88.6 Å². The number of carboxylic acid groups (broad SMARTS) is 2. The Morgan fingerprint density at radius 2 is 1.07 bits per heavy atom. The summed E-state index contributed by atoms with van der Waals surface area (Å²) in [5.41, 5.74) is -4.08. The highest BCUT2D eigenvalue weighted by molar-refractivity contribution is 5.67. The molecule has 0 heterocycles. The maximum atomic E-state index is 14.7. The molecule has 0 saturated heterocycles. The monoisotopic (exact) mass is 680 g/mol. The third kappa shape index (κ3) is 6.55. The van der Waals surface area contributed by atoms with Crippen molar-refractivity contribution in [3.63, 3.8) is 0 Å². The molecule has 1 fully saturated rings. The molecule has 1 saturated carbocycles. The summed E-state index contributed by atoms with van der Waals surface area (Å²) in [5, 5.41) is 20.0. The maximum absolute atomic E-state index is 14.7. The van der Waals surface area contributed by atoms with Gasteiger partial charge in [-0.05, 0) is 18.8 Å². The number of alkyl halides is 18. The summed E-state index contributed by atoms with van der Waals surface area (Å²) < 4.78 is 244. The molecule has 4 N–H and O–H groups in total. The number of hydrogen-bond donors (Lipinski definition) is 4. The first-order valence-electron chi connectivity index (χ1n) is 11.1. The van der Waals surface area contributed by atoms with Gasteiger partial charge in [0.15, 0.2) is 0 Å². The molecule has 43 heavy (non-hydrogen) atoms. The molecule has 0 bridgehead atoms. The minimum Gasteiger partial charge on any atom is -0.465 e. The largest absolute Gasteiger partial charge is 0.465 e. The molecule has 2 amide bonds. The molecule has 0 aromatic rings. The average Bonchev–Trinajstić information content (AvgIpc) is 2.75. The second kappa shape index (κ2) is 11.0. The number of halogens is 18. The lowest BCUT2D eigenvalue weighted by molar-refractivity contribution is -0.401. The smallest absolute Gasteiger partial charge is 0.460 e. The number of amides is 2. The molecule has 6 nitrogen and oxygen atoms in total. The third-order valence-corrected chi connectivity index (χ3v) is 6.88. The maximum Gasteiger partial charge on any atom is 0.460 e. The van der Waals surface area contributed by atoms with Gasteiger partial charge in [-0.25, -0.2) is 9.59 Å². The fraction of sp³-hybridized carbons (Fsp3) is 0.895. The SMILES string of the molecule is CC1CCC(CC(F)(F)C(F)(F)C(F)(F)C(F)(F)F)(NC(=O)O)C(CC(F)(F)C(F)(F)C(F)(F)C(F)(F)F)C1NC(=O)O. The van der Waals surface area contributed by atoms with Gasteiger partial charge in [-0.3, -0.25) is 0 Å². The number of carbonyl (C=O) groups is 2. The Balaban J connectivity index is 4.01. The van der Waals surface area contributed by atoms with Crippen LogP contribution < -0.4 is 10.6 Å². The van der Waals surface area contributed by atoms with Crippen molar-refractivity contribution >= 4 is 12.2 Å². The van der Waals surface area contributed by atoms with Crippen LogP contribution in [0.15, 0.2) is 0 Å². The van der Waals surface area contributed by atoms with E-state index in [4.69, 9.17) is 10.2 Å². The van der Waals surface area contributed by atoms with Crippen LogP contribution in [0, 0.1) is 11.8 Å². The topological polar surface area (TPSA) is 98.7 Å². The molecule has 1 aliphatic carbocycles. The van der Waals surface area contributed by atoms with Gasteiger partial charge >= 0.3 is 60.1 Å². The van der Waals surface area contributed by atoms with Crippen LogP contribution in [0.5, 0.6) is 0 Å². The van der Waals surface area contributed by atoms with E-state index in [0.717, 1.165) is 12.2 Å². The lowest BCUT2D eigenvalue weighted by atomic mass is 9.61. The Bertz CT molecular complexity index is 1040. The Morgan fingerprint density at radius 1 is 0.674 bits per heavy atom. The molecule has 4 atom stereocenters. The van der Waals surface area contributed by atoms with E-state index in [-0.39, 0.29) is 0 Å². The quantitative estimate of drug-likeness (QED) is 0.181. The van der Waals surface area contributed by atoms with Crippen molar-refractivity contribution in [3.8, 4) is 0 Å². The van der Waals surface area contributed by atoms with Gasteiger partial charge in [0.05, 0.1) is 5.54 Å². The van der Waals surface area contributed by atoms with Gasteiger partial charge in [0.25, 0.3) is 0 Å². The highest BCUT2D eigenvalue weighted by atomic mass is 19.4. The zero-order valence-corrected chi connectivity index (χ0v) is 20.6. The normalized spacial score (nSPS) is 25.3. The summed E-state index contributed by atoms with van der Waals surface area (Å²) in [6, 6.07) is -2.70. The Hall–Kier alpha value is -2.72. The molecule has 1 aliphatic rings. The zero-order valence-electron chi connectivity index (χ0n) is 20.6. The summed E-state index contributed by atoms with van der Waals surface area (Å²) >= 11 is 0. The van der Waals surface area contributed by atoms with E-state index in [9.17, 15) is 88.6 Å². The highest BCUT2D eigenvalue weighted by Gasteiger charge is 2.84. The van der Waals surface area contributed by atoms with E-state index >= 15 is 0 Å². The van der Waals surface area contributed by atoms with E-state index in [0.29, 0.717) is 0 Å². The van der Waals surface area contributed by atoms with Crippen molar-refractivity contribution in [2.45, 2.75) is 92.1 Å². The van der Waals surface area contributed by atoms with Crippen molar-refractivity contribution in [2.75, 3.05) is 0 Å². The van der Waals surface area contributed by atoms with E-state index in [2.05, 4.69) is 0 Å². The van der Waals surface area contributed by atoms with Gasteiger partial charge in [-0.15, -0.1) is 0 Å². The van der Waals surface area contributed by atoms with Gasteiger partial charge in [-0.2, -0.15) is 79.0 Å². The van der Waals surface area contributed by atoms with Crippen molar-refractivity contribution in [2.24, 2.45) is 11.8 Å². The molecule has 0 aromatic heterocycles. The molecule has 254 valence electrons. The van der Waals surface area contributed by atoms with Crippen LogP contribution in [0.25, 0.3) is 0 Å². The molecular weight excluding hydrogens is 662 g/mol. The zero-order chi connectivity index (χ0) is 34.6. The number of nitrogens with one attached hydrogen (secondary N) is 2. The number of rotatable bonds is 10. The average molecular weight is 680 g/mol. The van der Waals surface area contributed by atoms with Gasteiger partial charge in [0.1, 0.15) is 0 Å². The molecule has 24 heteroatoms. The fourth-order valence-electron chi connectivity index (χ4n) is 4.66. The standard InChI is InChI=1S/C19H18F18N2O4/c1-6-2-3-11(39-10(42)43,5-13(22,23)15(26,27)17(30,31)19(35,36)37)7(8(6)38-9(40)41)4-12(20,21)14(24,25)16(28,29)18(32,33)34/h6-8,38-39H,2-5H2,1H3,(H,40,41)(H,42,43). The van der Waals surface area contributed by atoms with Gasteiger partial charge in [-0.1, -0.05) is 6.92 Å². The summed E-state index contributed by atoms with van der Waals surface area (Å²) in [7, 11) is 0. The van der Waals surface area contributed by atoms with Crippen molar-refractivity contribution in [3.05, 3.63) is 0 Å². The molecule has 0 aromatic carbocycles. The van der Waals surface area contributed by atoms with E-state index in [1.807, 2.05) is 0 Å². The molecule has 0 spiro atoms. The van der Waals surface area contributed by atoms with Crippen LogP contribution >= 0.6 is 0 Å². The van der Waals surface area contributed by atoms with Crippen molar-refractivity contribution in [1.82, 2.24) is 10.6 Å². The lowest BCUT2D eigenvalue weighted by Gasteiger charge is -2.53. The minimum absolute atomic E-state index is 0.753. The van der Waals surface area contributed by atoms with Crippen molar-refractivity contribution < 1.29 is 98.8 Å². The van der Waals surface area contributed by atoms with Gasteiger partial charge in [0, 0.05) is 24.8 Å². The van der Waals surface area contributed by atoms with E-state index in [1.165, 1.54) is 5.32 Å². The second-order valence-corrected chi connectivity index (χ2v) is 9.77. The van der Waals surface area contributed by atoms with E-state index < -0.39 is 109 Å². The van der Waals surface area contributed by atoms with Crippen LogP contribution in [-0.4, -0.2) is 81.9 Å². The summed E-state index contributed by atoms with van der Waals surface area (Å²) in [4.78, 5) is 22.5.